The van der Waals surface area contributed by atoms with Crippen molar-refractivity contribution < 1.29 is 9.72 Å². The van der Waals surface area contributed by atoms with Crippen molar-refractivity contribution in [1.82, 2.24) is 14.8 Å². The van der Waals surface area contributed by atoms with Crippen molar-refractivity contribution in [3.8, 4) is 0 Å². The highest BCUT2D eigenvalue weighted by atomic mass is 35.5. The number of nitrogens with one attached hydrogen (secondary N) is 1. The van der Waals surface area contributed by atoms with Gasteiger partial charge in [0.25, 0.3) is 5.69 Å². The van der Waals surface area contributed by atoms with Crippen LogP contribution in [0.15, 0.2) is 54.2 Å². The molecular weight excluding hydrogens is 517 g/mol. The molecule has 0 spiro atoms. The number of allylic oxidation sites excluding steroid dienone is 1. The summed E-state index contributed by atoms with van der Waals surface area (Å²) in [6, 6.07) is 9.77. The molecule has 1 N–H and O–H groups in total. The van der Waals surface area contributed by atoms with E-state index in [4.69, 9.17) is 23.2 Å². The zero-order valence-corrected chi connectivity index (χ0v) is 21.3. The summed E-state index contributed by atoms with van der Waals surface area (Å²) in [5.41, 5.74) is 2.04. The number of benzene rings is 2. The second-order valence-electron chi connectivity index (χ2n) is 7.12. The van der Waals surface area contributed by atoms with Crippen LogP contribution in [0.3, 0.4) is 0 Å². The minimum absolute atomic E-state index is 0.0743. The third kappa shape index (κ3) is 6.99. The van der Waals surface area contributed by atoms with Crippen LogP contribution in [0.25, 0.3) is 0 Å². The third-order valence-electron chi connectivity index (χ3n) is 4.65. The highest BCUT2D eigenvalue weighted by Crippen LogP contribution is 2.27. The number of rotatable bonds is 11. The molecule has 0 aliphatic rings. The maximum Gasteiger partial charge on any atom is 0.271 e. The van der Waals surface area contributed by atoms with Crippen LogP contribution >= 0.6 is 46.7 Å². The number of carbonyl (C=O) groups is 1. The summed E-state index contributed by atoms with van der Waals surface area (Å²) in [5, 5.41) is 24.0. The smallest absolute Gasteiger partial charge is 0.271 e. The molecule has 0 bridgehead atoms. The molecule has 0 saturated heterocycles. The van der Waals surface area contributed by atoms with E-state index < -0.39 is 4.92 Å². The molecule has 1 heterocycles. The van der Waals surface area contributed by atoms with E-state index >= 15 is 0 Å². The van der Waals surface area contributed by atoms with Gasteiger partial charge in [0.05, 0.1) is 22.1 Å². The Morgan fingerprint density at radius 2 is 2.03 bits per heavy atom. The second kappa shape index (κ2) is 12.3. The molecule has 3 aromatic rings. The summed E-state index contributed by atoms with van der Waals surface area (Å²) in [7, 11) is 0. The lowest BCUT2D eigenvalue weighted by molar-refractivity contribution is -0.384. The molecule has 0 saturated carbocycles. The van der Waals surface area contributed by atoms with Crippen molar-refractivity contribution in [3.63, 3.8) is 0 Å². The predicted octanol–water partition coefficient (Wildman–Crippen LogP) is 6.15. The van der Waals surface area contributed by atoms with E-state index in [9.17, 15) is 14.9 Å². The largest absolute Gasteiger partial charge is 0.325 e. The van der Waals surface area contributed by atoms with Gasteiger partial charge in [0.2, 0.25) is 5.91 Å². The van der Waals surface area contributed by atoms with Crippen molar-refractivity contribution in [2.45, 2.75) is 30.1 Å². The van der Waals surface area contributed by atoms with Gasteiger partial charge in [0, 0.05) is 34.5 Å². The number of nitrogens with zero attached hydrogens (tertiary/aromatic N) is 4. The highest BCUT2D eigenvalue weighted by Gasteiger charge is 2.16. The van der Waals surface area contributed by atoms with Crippen LogP contribution in [-0.2, 0) is 22.8 Å². The topological polar surface area (TPSA) is 103 Å². The number of amides is 1. The summed E-state index contributed by atoms with van der Waals surface area (Å²) < 4.78 is 1.90. The zero-order valence-electron chi connectivity index (χ0n) is 18.2. The Labute approximate surface area is 215 Å². The van der Waals surface area contributed by atoms with Crippen LogP contribution in [0.4, 0.5) is 11.4 Å². The molecule has 0 fully saturated rings. The molecule has 34 heavy (non-hydrogen) atoms. The number of aryl methyl sites for hydroxylation is 1. The van der Waals surface area contributed by atoms with E-state index in [1.54, 1.807) is 43.0 Å². The molecule has 0 atom stereocenters. The van der Waals surface area contributed by atoms with E-state index in [-0.39, 0.29) is 17.3 Å². The van der Waals surface area contributed by atoms with Gasteiger partial charge < -0.3 is 9.88 Å². The molecular formula is C22H21Cl2N5O3S2. The Bertz CT molecular complexity index is 1220. The maximum absolute atomic E-state index is 12.5. The average molecular weight is 538 g/mol. The standard InChI is InChI=1S/C22H21Cl2N5O3S2/c1-3-8-28-20(12-33-11-15-5-6-16(23)9-18(15)24)26-27-22(28)34-13-21(30)25-19-10-17(29(31)32)7-4-14(19)2/h3-7,9-10H,1,8,11-13H2,2H3,(H,25,30). The molecule has 0 unspecified atom stereocenters. The SMILES string of the molecule is C=CCn1c(CSCc2ccc(Cl)cc2Cl)nnc1SCC(=O)Nc1cc([N+](=O)[O-])ccc1C. The van der Waals surface area contributed by atoms with E-state index in [0.717, 1.165) is 17.0 Å². The monoisotopic (exact) mass is 537 g/mol. The molecule has 0 aliphatic carbocycles. The van der Waals surface area contributed by atoms with E-state index in [0.29, 0.717) is 38.9 Å². The Hall–Kier alpha value is -2.53. The number of thioether (sulfide) groups is 2. The molecule has 1 aromatic heterocycles. The van der Waals surface area contributed by atoms with Crippen LogP contribution in [0.1, 0.15) is 17.0 Å². The number of halogens is 2. The van der Waals surface area contributed by atoms with Crippen LogP contribution in [0.5, 0.6) is 0 Å². The van der Waals surface area contributed by atoms with Gasteiger partial charge >= 0.3 is 0 Å². The number of hydrogen-bond acceptors (Lipinski definition) is 7. The number of aromatic nitrogens is 3. The van der Waals surface area contributed by atoms with Crippen molar-refractivity contribution in [3.05, 3.63) is 86.2 Å². The van der Waals surface area contributed by atoms with Gasteiger partial charge in [0.15, 0.2) is 5.16 Å². The summed E-state index contributed by atoms with van der Waals surface area (Å²) in [4.78, 5) is 23.0. The van der Waals surface area contributed by atoms with Gasteiger partial charge in [-0.2, -0.15) is 0 Å². The highest BCUT2D eigenvalue weighted by molar-refractivity contribution is 7.99. The van der Waals surface area contributed by atoms with Crippen LogP contribution in [0.2, 0.25) is 10.0 Å². The molecule has 2 aromatic carbocycles. The quantitative estimate of drug-likeness (QED) is 0.135. The lowest BCUT2D eigenvalue weighted by Gasteiger charge is -2.10. The summed E-state index contributed by atoms with van der Waals surface area (Å²) in [6.45, 7) is 6.06. The molecule has 0 aliphatic heterocycles. The third-order valence-corrected chi connectivity index (χ3v) is 7.18. The summed E-state index contributed by atoms with van der Waals surface area (Å²) in [6.07, 6.45) is 1.74. The zero-order chi connectivity index (χ0) is 24.7. The van der Waals surface area contributed by atoms with Crippen LogP contribution in [-0.4, -0.2) is 31.3 Å². The Morgan fingerprint density at radius 1 is 1.24 bits per heavy atom. The number of anilines is 1. The number of non-ortho nitro benzene ring substituents is 1. The second-order valence-corrected chi connectivity index (χ2v) is 9.89. The molecule has 0 radical (unpaired) electrons. The molecule has 12 heteroatoms. The molecule has 178 valence electrons. The number of hydrogen-bond donors (Lipinski definition) is 1. The fraction of sp³-hybridized carbons (Fsp3) is 0.227. The first-order chi connectivity index (χ1) is 16.3. The normalized spacial score (nSPS) is 10.8. The molecule has 8 nitrogen and oxygen atoms in total. The summed E-state index contributed by atoms with van der Waals surface area (Å²) in [5.74, 6) is 1.82. The minimum atomic E-state index is -0.498. The van der Waals surface area contributed by atoms with E-state index in [2.05, 4.69) is 22.1 Å². The van der Waals surface area contributed by atoms with Gasteiger partial charge in [-0.3, -0.25) is 14.9 Å². The number of carbonyl (C=O) groups excluding carboxylic acids is 1. The first kappa shape index (κ1) is 26.1. The van der Waals surface area contributed by atoms with Gasteiger partial charge in [-0.15, -0.1) is 28.5 Å². The van der Waals surface area contributed by atoms with Crippen LogP contribution in [0, 0.1) is 17.0 Å². The van der Waals surface area contributed by atoms with Gasteiger partial charge in [-0.1, -0.05) is 53.2 Å². The molecule has 1 amide bonds. The van der Waals surface area contributed by atoms with Crippen molar-refractivity contribution in [2.24, 2.45) is 0 Å². The predicted molar refractivity (Wildman–Crippen MR) is 139 cm³/mol. The van der Waals surface area contributed by atoms with Gasteiger partial charge in [0.1, 0.15) is 5.82 Å². The Morgan fingerprint density at radius 3 is 2.74 bits per heavy atom. The number of nitro benzene ring substituents is 1. The Kier molecular flexibility index (Phi) is 9.40. The average Bonchev–Trinajstić information content (AvgIpc) is 3.17. The Balaban J connectivity index is 1.60. The van der Waals surface area contributed by atoms with E-state index in [1.165, 1.54) is 23.9 Å². The fourth-order valence-electron chi connectivity index (χ4n) is 2.91. The first-order valence-electron chi connectivity index (χ1n) is 10.0. The lowest BCUT2D eigenvalue weighted by Crippen LogP contribution is -2.15. The maximum atomic E-state index is 12.5. The van der Waals surface area contributed by atoms with Crippen molar-refractivity contribution >= 4 is 64.0 Å². The van der Waals surface area contributed by atoms with Crippen molar-refractivity contribution in [2.75, 3.05) is 11.1 Å². The van der Waals surface area contributed by atoms with E-state index in [1.807, 2.05) is 10.6 Å². The summed E-state index contributed by atoms with van der Waals surface area (Å²) >= 11 is 15.1. The van der Waals surface area contributed by atoms with Gasteiger partial charge in [-0.05, 0) is 30.2 Å². The minimum Gasteiger partial charge on any atom is -0.325 e. The van der Waals surface area contributed by atoms with Crippen LogP contribution < -0.4 is 5.32 Å². The molecule has 3 rings (SSSR count). The fourth-order valence-corrected chi connectivity index (χ4v) is 5.20. The van der Waals surface area contributed by atoms with Gasteiger partial charge in [-0.25, -0.2) is 0 Å². The number of nitro groups is 1. The van der Waals surface area contributed by atoms with Crippen molar-refractivity contribution in [1.29, 1.82) is 0 Å². The lowest BCUT2D eigenvalue weighted by atomic mass is 10.2. The first-order valence-corrected chi connectivity index (χ1v) is 12.9.